The summed E-state index contributed by atoms with van der Waals surface area (Å²) in [5.74, 6) is 0.382. The number of fused-ring (bicyclic) bond motifs is 3. The summed E-state index contributed by atoms with van der Waals surface area (Å²) in [6, 6.07) is 14.4. The van der Waals surface area contributed by atoms with Crippen LogP contribution in [0.4, 0.5) is 5.13 Å². The normalized spacial score (nSPS) is 20.7. The summed E-state index contributed by atoms with van der Waals surface area (Å²) in [6.45, 7) is 5.24. The minimum absolute atomic E-state index is 0.224. The molecular weight excluding hydrogens is 454 g/mol. The van der Waals surface area contributed by atoms with Gasteiger partial charge in [0.1, 0.15) is 0 Å². The van der Waals surface area contributed by atoms with Gasteiger partial charge in [-0.1, -0.05) is 38.1 Å². The number of sulfonamides is 1. The number of carbonyl (C=O) groups excluding carboxylic acids is 1. The molecule has 33 heavy (non-hydrogen) atoms. The Balaban J connectivity index is 1.32. The van der Waals surface area contributed by atoms with Gasteiger partial charge in [-0.3, -0.25) is 10.1 Å². The van der Waals surface area contributed by atoms with Crippen LogP contribution in [0.15, 0.2) is 53.4 Å². The van der Waals surface area contributed by atoms with Gasteiger partial charge in [0.15, 0.2) is 5.13 Å². The first-order chi connectivity index (χ1) is 15.8. The number of hydrogen-bond donors (Lipinski definition) is 1. The molecule has 2 aromatic carbocycles. The molecule has 1 fully saturated rings. The van der Waals surface area contributed by atoms with Crippen LogP contribution >= 0.6 is 11.3 Å². The maximum absolute atomic E-state index is 13.1. The van der Waals surface area contributed by atoms with Crippen molar-refractivity contribution < 1.29 is 13.2 Å². The van der Waals surface area contributed by atoms with E-state index in [9.17, 15) is 13.2 Å². The van der Waals surface area contributed by atoms with Crippen molar-refractivity contribution in [3.63, 3.8) is 0 Å². The summed E-state index contributed by atoms with van der Waals surface area (Å²) < 4.78 is 27.7. The van der Waals surface area contributed by atoms with Crippen molar-refractivity contribution >= 4 is 32.4 Å². The van der Waals surface area contributed by atoms with Crippen LogP contribution in [0.3, 0.4) is 0 Å². The van der Waals surface area contributed by atoms with Gasteiger partial charge in [-0.15, -0.1) is 11.3 Å². The van der Waals surface area contributed by atoms with Gasteiger partial charge in [0.25, 0.3) is 5.91 Å². The van der Waals surface area contributed by atoms with Crippen molar-refractivity contribution in [3.8, 4) is 11.3 Å². The Labute approximate surface area is 198 Å². The average molecular weight is 482 g/mol. The Bertz CT molecular complexity index is 1290. The largest absolute Gasteiger partial charge is 0.298 e. The number of aromatic nitrogens is 1. The molecule has 0 unspecified atom stereocenters. The first-order valence-electron chi connectivity index (χ1n) is 11.3. The number of aryl methyl sites for hydroxylation is 2. The monoisotopic (exact) mass is 481 g/mol. The summed E-state index contributed by atoms with van der Waals surface area (Å²) in [5, 5.41) is 3.45. The molecular formula is C25H27N3O3S2. The minimum Gasteiger partial charge on any atom is -0.298 e. The van der Waals surface area contributed by atoms with E-state index in [4.69, 9.17) is 0 Å². The molecule has 1 aliphatic heterocycles. The van der Waals surface area contributed by atoms with E-state index in [1.165, 1.54) is 33.9 Å². The van der Waals surface area contributed by atoms with Gasteiger partial charge in [-0.2, -0.15) is 4.31 Å². The molecule has 2 heterocycles. The molecule has 1 N–H and O–H groups in total. The number of rotatable bonds is 4. The highest BCUT2D eigenvalue weighted by Crippen LogP contribution is 2.38. The minimum atomic E-state index is -3.57. The van der Waals surface area contributed by atoms with Crippen LogP contribution in [0.1, 0.15) is 41.1 Å². The highest BCUT2D eigenvalue weighted by molar-refractivity contribution is 7.89. The van der Waals surface area contributed by atoms with Crippen molar-refractivity contribution in [2.24, 2.45) is 11.8 Å². The average Bonchev–Trinajstić information content (AvgIpc) is 3.21. The first kappa shape index (κ1) is 22.3. The molecule has 5 rings (SSSR count). The summed E-state index contributed by atoms with van der Waals surface area (Å²) in [7, 11) is -3.57. The maximum Gasteiger partial charge on any atom is 0.257 e. The van der Waals surface area contributed by atoms with Crippen molar-refractivity contribution in [3.05, 3.63) is 64.5 Å². The van der Waals surface area contributed by atoms with Crippen LogP contribution in [0.2, 0.25) is 0 Å². The Morgan fingerprint density at radius 1 is 1.03 bits per heavy atom. The second kappa shape index (κ2) is 8.66. The van der Waals surface area contributed by atoms with Crippen molar-refractivity contribution in [1.82, 2.24) is 9.29 Å². The Morgan fingerprint density at radius 2 is 1.73 bits per heavy atom. The summed E-state index contributed by atoms with van der Waals surface area (Å²) in [4.78, 5) is 18.9. The highest BCUT2D eigenvalue weighted by Gasteiger charge is 2.31. The van der Waals surface area contributed by atoms with E-state index in [-0.39, 0.29) is 10.8 Å². The molecule has 2 aliphatic rings. The predicted molar refractivity (Wildman–Crippen MR) is 131 cm³/mol. The number of benzene rings is 2. The fraction of sp³-hybridized carbons (Fsp3) is 0.360. The quantitative estimate of drug-likeness (QED) is 0.579. The smallest absolute Gasteiger partial charge is 0.257 e. The SMILES string of the molecule is C[C@H]1C[C@H](C)CN(S(=O)(=O)c2ccc(C(=O)Nc3nc4c(s3)CCc3ccccc3-4)cc2)C1. The maximum atomic E-state index is 13.1. The molecule has 0 bridgehead atoms. The molecule has 3 aromatic rings. The van der Waals surface area contributed by atoms with E-state index >= 15 is 0 Å². The van der Waals surface area contributed by atoms with Crippen LogP contribution in [-0.2, 0) is 22.9 Å². The second-order valence-corrected chi connectivity index (χ2v) is 12.2. The molecule has 1 saturated heterocycles. The molecule has 0 saturated carbocycles. The van der Waals surface area contributed by atoms with Crippen LogP contribution in [0.5, 0.6) is 0 Å². The van der Waals surface area contributed by atoms with E-state index < -0.39 is 10.0 Å². The lowest BCUT2D eigenvalue weighted by Gasteiger charge is -2.34. The number of nitrogens with one attached hydrogen (secondary N) is 1. The van der Waals surface area contributed by atoms with E-state index in [2.05, 4.69) is 36.3 Å². The number of thiazole rings is 1. The van der Waals surface area contributed by atoms with Crippen LogP contribution < -0.4 is 5.32 Å². The predicted octanol–water partition coefficient (Wildman–Crippen LogP) is 4.83. The fourth-order valence-electron chi connectivity index (χ4n) is 4.90. The van der Waals surface area contributed by atoms with Gasteiger partial charge in [0.05, 0.1) is 10.6 Å². The van der Waals surface area contributed by atoms with Crippen molar-refractivity contribution in [2.75, 3.05) is 18.4 Å². The molecule has 0 radical (unpaired) electrons. The number of anilines is 1. The molecule has 172 valence electrons. The molecule has 0 spiro atoms. The van der Waals surface area contributed by atoms with Gasteiger partial charge in [0, 0.05) is 29.1 Å². The number of nitrogens with zero attached hydrogens (tertiary/aromatic N) is 2. The third-order valence-corrected chi connectivity index (χ3v) is 9.28. The standard InChI is InChI=1S/C25H27N3O3S2/c1-16-13-17(2)15-28(14-16)33(30,31)20-10-7-19(8-11-20)24(29)27-25-26-23-21-6-4-3-5-18(21)9-12-22(23)32-25/h3-8,10-11,16-17H,9,12-15H2,1-2H3,(H,26,27,29)/t16-,17-/m0/s1. The number of piperidine rings is 1. The molecule has 1 aliphatic carbocycles. The van der Waals surface area contributed by atoms with E-state index in [0.29, 0.717) is 35.6 Å². The number of amides is 1. The Morgan fingerprint density at radius 3 is 2.45 bits per heavy atom. The number of hydrogen-bond acceptors (Lipinski definition) is 5. The van der Waals surface area contributed by atoms with Crippen LogP contribution in [0, 0.1) is 11.8 Å². The van der Waals surface area contributed by atoms with Gasteiger partial charge < -0.3 is 0 Å². The topological polar surface area (TPSA) is 79.4 Å². The fourth-order valence-corrected chi connectivity index (χ4v) is 7.55. The molecule has 2 atom stereocenters. The lowest BCUT2D eigenvalue weighted by atomic mass is 9.94. The van der Waals surface area contributed by atoms with Gasteiger partial charge in [0.2, 0.25) is 10.0 Å². The van der Waals surface area contributed by atoms with Crippen LogP contribution in [-0.4, -0.2) is 36.7 Å². The summed E-state index contributed by atoms with van der Waals surface area (Å²) >= 11 is 1.50. The summed E-state index contributed by atoms with van der Waals surface area (Å²) in [5.41, 5.74) is 3.76. The third kappa shape index (κ3) is 4.35. The van der Waals surface area contributed by atoms with E-state index in [1.54, 1.807) is 16.4 Å². The zero-order valence-electron chi connectivity index (χ0n) is 18.7. The molecule has 1 amide bonds. The highest BCUT2D eigenvalue weighted by atomic mass is 32.2. The first-order valence-corrected chi connectivity index (χ1v) is 13.6. The zero-order valence-corrected chi connectivity index (χ0v) is 20.4. The Hall–Kier alpha value is -2.55. The van der Waals surface area contributed by atoms with E-state index in [0.717, 1.165) is 30.5 Å². The third-order valence-electron chi connectivity index (χ3n) is 6.40. The molecule has 1 aromatic heterocycles. The Kier molecular flexibility index (Phi) is 5.84. The van der Waals surface area contributed by atoms with Gasteiger partial charge in [-0.25, -0.2) is 13.4 Å². The molecule has 8 heteroatoms. The van der Waals surface area contributed by atoms with Gasteiger partial charge in [-0.05, 0) is 60.9 Å². The second-order valence-electron chi connectivity index (χ2n) is 9.19. The summed E-state index contributed by atoms with van der Waals surface area (Å²) in [6.07, 6.45) is 2.93. The number of carbonyl (C=O) groups is 1. The van der Waals surface area contributed by atoms with Crippen LogP contribution in [0.25, 0.3) is 11.3 Å². The van der Waals surface area contributed by atoms with Gasteiger partial charge >= 0.3 is 0 Å². The van der Waals surface area contributed by atoms with E-state index in [1.807, 2.05) is 12.1 Å². The lowest BCUT2D eigenvalue weighted by Crippen LogP contribution is -2.42. The van der Waals surface area contributed by atoms with Crippen molar-refractivity contribution in [1.29, 1.82) is 0 Å². The molecule has 6 nitrogen and oxygen atoms in total. The lowest BCUT2D eigenvalue weighted by molar-refractivity contribution is 0.102. The zero-order chi connectivity index (χ0) is 23.2. The van der Waals surface area contributed by atoms with Crippen molar-refractivity contribution in [2.45, 2.75) is 38.0 Å².